The summed E-state index contributed by atoms with van der Waals surface area (Å²) in [7, 11) is 0. The predicted octanol–water partition coefficient (Wildman–Crippen LogP) is 3.57. The van der Waals surface area contributed by atoms with Gasteiger partial charge in [0.15, 0.2) is 5.17 Å². The molecule has 1 heterocycles. The van der Waals surface area contributed by atoms with E-state index in [2.05, 4.69) is 5.32 Å². The first-order chi connectivity index (χ1) is 8.80. The fourth-order valence-electron chi connectivity index (χ4n) is 3.87. The molecule has 0 aromatic carbocycles. The molecule has 18 heavy (non-hydrogen) atoms. The van der Waals surface area contributed by atoms with Crippen molar-refractivity contribution in [1.82, 2.24) is 5.32 Å². The Morgan fingerprint density at radius 2 is 1.89 bits per heavy atom. The van der Waals surface area contributed by atoms with Crippen LogP contribution in [0.5, 0.6) is 0 Å². The van der Waals surface area contributed by atoms with Crippen LogP contribution in [0.3, 0.4) is 0 Å². The third kappa shape index (κ3) is 2.09. The highest BCUT2D eigenvalue weighted by Crippen LogP contribution is 2.61. The van der Waals surface area contributed by atoms with Gasteiger partial charge in [0.1, 0.15) is 0 Å². The zero-order valence-corrected chi connectivity index (χ0v) is 12.0. The van der Waals surface area contributed by atoms with Crippen LogP contribution in [0.15, 0.2) is 4.99 Å². The van der Waals surface area contributed by atoms with Crippen LogP contribution < -0.4 is 5.32 Å². The first kappa shape index (κ1) is 11.6. The Morgan fingerprint density at radius 3 is 2.56 bits per heavy atom. The van der Waals surface area contributed by atoms with Crippen molar-refractivity contribution in [3.63, 3.8) is 0 Å². The van der Waals surface area contributed by atoms with Crippen molar-refractivity contribution in [1.29, 1.82) is 0 Å². The van der Waals surface area contributed by atoms with Crippen molar-refractivity contribution in [2.45, 2.75) is 63.3 Å². The lowest BCUT2D eigenvalue weighted by Gasteiger charge is -2.32. The molecule has 0 radical (unpaired) electrons. The maximum atomic E-state index is 4.94. The topological polar surface area (TPSA) is 24.4 Å². The first-order valence-corrected chi connectivity index (χ1v) is 8.74. The quantitative estimate of drug-likeness (QED) is 0.842. The fraction of sp³-hybridized carbons (Fsp3) is 0.933. The molecule has 0 aromatic rings. The van der Waals surface area contributed by atoms with Crippen LogP contribution >= 0.6 is 11.8 Å². The largest absolute Gasteiger partial charge is 0.359 e. The summed E-state index contributed by atoms with van der Waals surface area (Å²) in [6.45, 7) is 1.11. The summed E-state index contributed by atoms with van der Waals surface area (Å²) in [5.41, 5.74) is 1.09. The van der Waals surface area contributed by atoms with Gasteiger partial charge in [-0.2, -0.15) is 0 Å². The second-order valence-electron chi connectivity index (χ2n) is 7.01. The summed E-state index contributed by atoms with van der Waals surface area (Å²) < 4.78 is 0. The molecule has 0 unspecified atom stereocenters. The maximum absolute atomic E-state index is 4.94. The predicted molar refractivity (Wildman–Crippen MR) is 78.1 cm³/mol. The molecular weight excluding hydrogens is 240 g/mol. The third-order valence-corrected chi connectivity index (χ3v) is 6.74. The lowest BCUT2D eigenvalue weighted by molar-refractivity contribution is 0.303. The van der Waals surface area contributed by atoms with E-state index in [4.69, 9.17) is 4.99 Å². The minimum atomic E-state index is 0.429. The van der Waals surface area contributed by atoms with Crippen molar-refractivity contribution >= 4 is 16.9 Å². The average molecular weight is 264 g/mol. The molecule has 100 valence electrons. The molecule has 3 aliphatic carbocycles. The van der Waals surface area contributed by atoms with Crippen LogP contribution in [0.4, 0.5) is 0 Å². The van der Waals surface area contributed by atoms with Gasteiger partial charge in [0.25, 0.3) is 0 Å². The Hall–Kier alpha value is -0.180. The Balaban J connectivity index is 1.38. The standard InChI is InChI=1S/C15H24N2S/c1-2-6-15(7-3-1)11-18-13(17-15)16-10-14(8-9-14)12-4-5-12/h12H,1-11H2,(H,16,17). The molecule has 1 saturated heterocycles. The highest BCUT2D eigenvalue weighted by molar-refractivity contribution is 8.14. The average Bonchev–Trinajstić information content (AvgIpc) is 3.28. The summed E-state index contributed by atoms with van der Waals surface area (Å²) in [5.74, 6) is 2.30. The molecule has 1 N–H and O–H groups in total. The van der Waals surface area contributed by atoms with Crippen molar-refractivity contribution in [3.05, 3.63) is 0 Å². The SMILES string of the molecule is C1CCC2(CC1)CSC(=NCC1(C3CC3)CC1)N2. The third-order valence-electron chi connectivity index (χ3n) is 5.54. The van der Waals surface area contributed by atoms with Crippen LogP contribution in [-0.4, -0.2) is 23.0 Å². The van der Waals surface area contributed by atoms with Gasteiger partial charge in [-0.3, -0.25) is 4.99 Å². The highest BCUT2D eigenvalue weighted by Gasteiger charge is 2.53. The number of nitrogens with zero attached hydrogens (tertiary/aromatic N) is 1. The highest BCUT2D eigenvalue weighted by atomic mass is 32.2. The monoisotopic (exact) mass is 264 g/mol. The van der Waals surface area contributed by atoms with E-state index in [-0.39, 0.29) is 0 Å². The molecule has 0 amide bonds. The number of nitrogens with one attached hydrogen (secondary N) is 1. The fourth-order valence-corrected chi connectivity index (χ4v) is 5.09. The Morgan fingerprint density at radius 1 is 1.11 bits per heavy atom. The smallest absolute Gasteiger partial charge is 0.157 e. The minimum absolute atomic E-state index is 0.429. The number of hydrogen-bond donors (Lipinski definition) is 1. The van der Waals surface area contributed by atoms with Gasteiger partial charge in [-0.25, -0.2) is 0 Å². The summed E-state index contributed by atoms with van der Waals surface area (Å²) in [6.07, 6.45) is 12.9. The Labute approximate surface area is 114 Å². The van der Waals surface area contributed by atoms with Gasteiger partial charge in [0.2, 0.25) is 0 Å². The summed E-state index contributed by atoms with van der Waals surface area (Å²) >= 11 is 1.99. The van der Waals surface area contributed by atoms with E-state index in [1.807, 2.05) is 11.8 Å². The lowest BCUT2D eigenvalue weighted by Crippen LogP contribution is -2.45. The normalized spacial score (nSPS) is 34.8. The Bertz CT molecular complexity index is 363. The van der Waals surface area contributed by atoms with Crippen LogP contribution in [0, 0.1) is 11.3 Å². The van der Waals surface area contributed by atoms with Gasteiger partial charge in [-0.15, -0.1) is 0 Å². The summed E-state index contributed by atoms with van der Waals surface area (Å²) in [4.78, 5) is 4.94. The van der Waals surface area contributed by atoms with E-state index in [0.29, 0.717) is 11.0 Å². The molecule has 3 heteroatoms. The van der Waals surface area contributed by atoms with Gasteiger partial charge < -0.3 is 5.32 Å². The number of hydrogen-bond acceptors (Lipinski definition) is 2. The van der Waals surface area contributed by atoms with E-state index in [1.54, 1.807) is 0 Å². The Kier molecular flexibility index (Phi) is 2.69. The van der Waals surface area contributed by atoms with Gasteiger partial charge in [-0.05, 0) is 49.9 Å². The summed E-state index contributed by atoms with van der Waals surface area (Å²) in [5, 5.41) is 5.05. The molecule has 1 aliphatic heterocycles. The van der Waals surface area contributed by atoms with Crippen LogP contribution in [-0.2, 0) is 0 Å². The van der Waals surface area contributed by atoms with Gasteiger partial charge in [-0.1, -0.05) is 31.0 Å². The zero-order valence-electron chi connectivity index (χ0n) is 11.2. The van der Waals surface area contributed by atoms with Gasteiger partial charge in [0.05, 0.1) is 0 Å². The van der Waals surface area contributed by atoms with Crippen molar-refractivity contribution in [2.75, 3.05) is 12.3 Å². The number of amidine groups is 1. The van der Waals surface area contributed by atoms with Crippen molar-refractivity contribution in [2.24, 2.45) is 16.3 Å². The molecule has 3 saturated carbocycles. The number of thioether (sulfide) groups is 1. The number of aliphatic imine (C=N–C) groups is 1. The molecule has 0 aromatic heterocycles. The van der Waals surface area contributed by atoms with E-state index in [9.17, 15) is 0 Å². The molecule has 4 aliphatic rings. The van der Waals surface area contributed by atoms with E-state index in [1.165, 1.54) is 68.7 Å². The molecule has 2 nitrogen and oxygen atoms in total. The van der Waals surface area contributed by atoms with E-state index in [0.717, 1.165) is 12.5 Å². The molecule has 4 fully saturated rings. The molecule has 4 rings (SSSR count). The molecule has 0 atom stereocenters. The van der Waals surface area contributed by atoms with Crippen molar-refractivity contribution < 1.29 is 0 Å². The van der Waals surface area contributed by atoms with Crippen LogP contribution in [0.1, 0.15) is 57.8 Å². The first-order valence-electron chi connectivity index (χ1n) is 7.76. The molecular formula is C15H24N2S. The molecule has 0 bridgehead atoms. The van der Waals surface area contributed by atoms with Gasteiger partial charge >= 0.3 is 0 Å². The maximum Gasteiger partial charge on any atom is 0.157 e. The van der Waals surface area contributed by atoms with E-state index >= 15 is 0 Å². The van der Waals surface area contributed by atoms with Gasteiger partial charge in [0, 0.05) is 17.8 Å². The van der Waals surface area contributed by atoms with Crippen LogP contribution in [0.25, 0.3) is 0 Å². The second-order valence-corrected chi connectivity index (χ2v) is 7.98. The molecule has 1 spiro atoms. The lowest BCUT2D eigenvalue weighted by atomic mass is 9.83. The minimum Gasteiger partial charge on any atom is -0.359 e. The van der Waals surface area contributed by atoms with Crippen LogP contribution in [0.2, 0.25) is 0 Å². The summed E-state index contributed by atoms with van der Waals surface area (Å²) in [6, 6.07) is 0. The van der Waals surface area contributed by atoms with Crippen molar-refractivity contribution in [3.8, 4) is 0 Å². The second kappa shape index (κ2) is 4.16. The zero-order chi connectivity index (χ0) is 12.1. The van der Waals surface area contributed by atoms with E-state index < -0.39 is 0 Å². The number of rotatable bonds is 3.